The van der Waals surface area contributed by atoms with E-state index in [-0.39, 0.29) is 6.61 Å². The standard InChI is InChI=1S/C14H24O10S.2C4H9.Sn/c1-2-25-14-11(21)9(19)12(6(4-16)23-14)24-13-10(20)8(18)7(17)5(3-15)22-13;2*1-3-4-2;/h5-16,19-21H,2-4H2,1H3;2*1,3-4H2,2H3;/q-2;;;+2/t5-,6-,7+,8+,9-,10-,11-,12-,13+,14+;;;/m1.../s1. The summed E-state index contributed by atoms with van der Waals surface area (Å²) in [4.78, 5) is 0. The molecule has 0 spiro atoms. The third-order valence-corrected chi connectivity index (χ3v) is 18.2. The Balaban J connectivity index is 1.76. The van der Waals surface area contributed by atoms with Crippen molar-refractivity contribution < 1.29 is 45.9 Å². The second-order valence-corrected chi connectivity index (χ2v) is 20.0. The second-order valence-electron chi connectivity index (χ2n) is 9.26. The topological polar surface area (TPSA) is 147 Å². The summed E-state index contributed by atoms with van der Waals surface area (Å²) in [6.45, 7) is 5.35. The Morgan fingerprint density at radius 2 is 1.41 bits per heavy atom. The van der Waals surface area contributed by atoms with Gasteiger partial charge in [0.05, 0.1) is 0 Å². The molecule has 12 heteroatoms. The number of unbranched alkanes of at least 4 members (excludes halogenated alkanes) is 2. The molecular weight excluding hydrogens is 575 g/mol. The fourth-order valence-electron chi connectivity index (χ4n) is 4.88. The molecule has 0 unspecified atom stereocenters. The van der Waals surface area contributed by atoms with Gasteiger partial charge >= 0.3 is 212 Å². The summed E-state index contributed by atoms with van der Waals surface area (Å²) in [6, 6.07) is 0. The van der Waals surface area contributed by atoms with Crippen LogP contribution in [0, 0.1) is 0 Å². The molecule has 0 amide bonds. The molecule has 0 bridgehead atoms. The first kappa shape index (κ1) is 29.3. The number of aliphatic hydroxyl groups excluding tert-OH is 5. The summed E-state index contributed by atoms with van der Waals surface area (Å²) < 4.78 is 32.4. The molecule has 200 valence electrons. The zero-order chi connectivity index (χ0) is 24.9. The van der Waals surface area contributed by atoms with Crippen LogP contribution >= 0.6 is 11.8 Å². The van der Waals surface area contributed by atoms with E-state index in [1.807, 2.05) is 6.92 Å². The average Bonchev–Trinajstić information content (AvgIpc) is 3.23. The Morgan fingerprint density at radius 3 is 1.97 bits per heavy atom. The number of hydrogen-bond donors (Lipinski definition) is 5. The van der Waals surface area contributed by atoms with Gasteiger partial charge in [-0.3, -0.25) is 0 Å². The molecule has 0 aliphatic carbocycles. The fourth-order valence-corrected chi connectivity index (χ4v) is 17.5. The predicted molar refractivity (Wildman–Crippen MR) is 127 cm³/mol. The maximum atomic E-state index is 11.2. The van der Waals surface area contributed by atoms with Gasteiger partial charge in [0.15, 0.2) is 0 Å². The Morgan fingerprint density at radius 1 is 0.794 bits per heavy atom. The molecule has 10 nitrogen and oxygen atoms in total. The minimum absolute atomic E-state index is 0.342. The minimum atomic E-state index is -3.50. The van der Waals surface area contributed by atoms with Crippen molar-refractivity contribution >= 4 is 31.0 Å². The van der Waals surface area contributed by atoms with Gasteiger partial charge < -0.3 is 0 Å². The molecule has 3 aliphatic heterocycles. The van der Waals surface area contributed by atoms with Crippen molar-refractivity contribution in [2.75, 3.05) is 19.0 Å². The third kappa shape index (κ3) is 6.41. The third-order valence-electron chi connectivity index (χ3n) is 6.76. The van der Waals surface area contributed by atoms with Gasteiger partial charge in [0.25, 0.3) is 0 Å². The SMILES string of the molecule is CCC[CH2][Sn]1([CH2]CCC)[O][C@@H]2[C@@H](O)[C@H](O[C@H]3[C@H](O)[C@@H](O)[C@H](SCC)O[C@@H]3CO)O[C@H](CO)[C@@H]2[O]1. The first-order valence-electron chi connectivity index (χ1n) is 12.5. The van der Waals surface area contributed by atoms with Crippen LogP contribution in [-0.4, -0.2) is 124 Å². The Kier molecular flexibility index (Phi) is 11.7. The van der Waals surface area contributed by atoms with E-state index in [0.29, 0.717) is 5.75 Å². The normalized spacial score (nSPS) is 42.0. The predicted octanol–water partition coefficient (Wildman–Crippen LogP) is 0.468. The van der Waals surface area contributed by atoms with E-state index in [0.717, 1.165) is 34.6 Å². The number of fused-ring (bicyclic) bond motifs is 1. The molecule has 0 aromatic rings. The van der Waals surface area contributed by atoms with Crippen molar-refractivity contribution in [3.8, 4) is 0 Å². The molecule has 34 heavy (non-hydrogen) atoms. The van der Waals surface area contributed by atoms with Crippen molar-refractivity contribution in [3.63, 3.8) is 0 Å². The molecule has 5 N–H and O–H groups in total. The van der Waals surface area contributed by atoms with Crippen molar-refractivity contribution in [3.05, 3.63) is 0 Å². The number of rotatable bonds is 12. The molecule has 3 saturated heterocycles. The van der Waals surface area contributed by atoms with Gasteiger partial charge in [-0.05, 0) is 0 Å². The number of ether oxygens (including phenoxy) is 3. The van der Waals surface area contributed by atoms with Gasteiger partial charge in [0.1, 0.15) is 0 Å². The summed E-state index contributed by atoms with van der Waals surface area (Å²) in [5.41, 5.74) is -0.706. The zero-order valence-corrected chi connectivity index (χ0v) is 24.0. The molecular formula is C22H42O10SSn. The molecule has 0 aromatic carbocycles. The molecule has 0 radical (unpaired) electrons. The van der Waals surface area contributed by atoms with E-state index >= 15 is 0 Å². The molecule has 3 heterocycles. The van der Waals surface area contributed by atoms with Crippen molar-refractivity contribution in [1.29, 1.82) is 0 Å². The van der Waals surface area contributed by atoms with E-state index in [1.165, 1.54) is 11.8 Å². The maximum absolute atomic E-state index is 11.2. The van der Waals surface area contributed by atoms with Crippen LogP contribution in [0.5, 0.6) is 0 Å². The van der Waals surface area contributed by atoms with Crippen LogP contribution in [0.15, 0.2) is 0 Å². The summed E-state index contributed by atoms with van der Waals surface area (Å²) in [5, 5.41) is 52.2. The quantitative estimate of drug-likeness (QED) is 0.195. The second kappa shape index (κ2) is 13.5. The first-order valence-corrected chi connectivity index (χ1v) is 20.0. The van der Waals surface area contributed by atoms with Crippen LogP contribution in [0.3, 0.4) is 0 Å². The molecule has 10 atom stereocenters. The Bertz CT molecular complexity index is 608. The molecule has 3 rings (SSSR count). The molecule has 3 aliphatic rings. The monoisotopic (exact) mass is 618 g/mol. The van der Waals surface area contributed by atoms with Crippen molar-refractivity contribution in [1.82, 2.24) is 0 Å². The summed E-state index contributed by atoms with van der Waals surface area (Å²) >= 11 is -2.19. The van der Waals surface area contributed by atoms with Gasteiger partial charge in [-0.25, -0.2) is 0 Å². The van der Waals surface area contributed by atoms with Crippen LogP contribution in [0.1, 0.15) is 46.5 Å². The first-order chi connectivity index (χ1) is 16.3. The summed E-state index contributed by atoms with van der Waals surface area (Å²) in [6.07, 6.45) is -5.17. The van der Waals surface area contributed by atoms with E-state index in [1.54, 1.807) is 0 Å². The van der Waals surface area contributed by atoms with Crippen molar-refractivity contribution in [2.45, 2.75) is 116 Å². The zero-order valence-electron chi connectivity index (χ0n) is 20.3. The Hall–Kier alpha value is 0.749. The van der Waals surface area contributed by atoms with Gasteiger partial charge in [0, 0.05) is 0 Å². The Labute approximate surface area is 211 Å². The van der Waals surface area contributed by atoms with Gasteiger partial charge in [0.2, 0.25) is 0 Å². The molecule has 0 saturated carbocycles. The van der Waals surface area contributed by atoms with E-state index in [2.05, 4.69) is 13.8 Å². The van der Waals surface area contributed by atoms with Crippen LogP contribution in [0.25, 0.3) is 0 Å². The van der Waals surface area contributed by atoms with Crippen LogP contribution < -0.4 is 0 Å². The summed E-state index contributed by atoms with van der Waals surface area (Å²) in [7, 11) is 0. The summed E-state index contributed by atoms with van der Waals surface area (Å²) in [5.74, 6) is 0.658. The number of aliphatic hydroxyl groups is 5. The number of hydrogen-bond acceptors (Lipinski definition) is 11. The van der Waals surface area contributed by atoms with Crippen LogP contribution in [-0.2, 0) is 20.4 Å². The van der Waals surface area contributed by atoms with Crippen LogP contribution in [0.2, 0.25) is 8.87 Å². The van der Waals surface area contributed by atoms with E-state index in [4.69, 9.17) is 20.4 Å². The van der Waals surface area contributed by atoms with Crippen molar-refractivity contribution in [2.24, 2.45) is 0 Å². The van der Waals surface area contributed by atoms with Gasteiger partial charge in [-0.1, -0.05) is 0 Å². The van der Waals surface area contributed by atoms with E-state index in [9.17, 15) is 25.5 Å². The van der Waals surface area contributed by atoms with Gasteiger partial charge in [-0.2, -0.15) is 0 Å². The van der Waals surface area contributed by atoms with E-state index < -0.39 is 86.4 Å². The fraction of sp³-hybridized carbons (Fsp3) is 1.00. The van der Waals surface area contributed by atoms with Crippen LogP contribution in [0.4, 0.5) is 0 Å². The average molecular weight is 617 g/mol. The van der Waals surface area contributed by atoms with Gasteiger partial charge in [-0.15, -0.1) is 0 Å². The molecule has 0 aromatic heterocycles. The molecule has 3 fully saturated rings. The number of thioether (sulfide) groups is 1.